The van der Waals surface area contributed by atoms with E-state index in [-0.39, 0.29) is 178 Å². The van der Waals surface area contributed by atoms with Gasteiger partial charge in [-0.25, -0.2) is 0 Å². The first-order chi connectivity index (χ1) is 23.5. The van der Waals surface area contributed by atoms with Crippen LogP contribution in [0.2, 0.25) is 0 Å². The molecule has 0 aromatic carbocycles. The fourth-order valence-electron chi connectivity index (χ4n) is 4.70. The number of halogens is 2. The van der Waals surface area contributed by atoms with E-state index in [4.69, 9.17) is 0 Å². The summed E-state index contributed by atoms with van der Waals surface area (Å²) in [6, 6.07) is 5.54. The molecule has 0 spiro atoms. The van der Waals surface area contributed by atoms with Gasteiger partial charge in [-0.2, -0.15) is 0 Å². The smallest absolute Gasteiger partial charge is 1.00 e. The van der Waals surface area contributed by atoms with Crippen LogP contribution in [-0.4, -0.2) is 145 Å². The molecule has 0 radical (unpaired) electrons. The Bertz CT molecular complexity index is 1310. The molecule has 2 aromatic rings. The molecule has 4 amide bonds. The van der Waals surface area contributed by atoms with E-state index in [9.17, 15) is 39.0 Å². The van der Waals surface area contributed by atoms with Crippen molar-refractivity contribution >= 4 is 57.2 Å². The number of hydrogen-bond acceptors (Lipinski definition) is 10. The second-order valence-electron chi connectivity index (χ2n) is 13.1. The first-order valence-electron chi connectivity index (χ1n) is 16.2. The van der Waals surface area contributed by atoms with Gasteiger partial charge in [-0.15, -0.1) is 0 Å². The van der Waals surface area contributed by atoms with Crippen molar-refractivity contribution in [2.24, 2.45) is 0 Å². The Balaban J connectivity index is -0.00000650. The Morgan fingerprint density at radius 3 is 1.22 bits per heavy atom. The number of amides is 4. The van der Waals surface area contributed by atoms with E-state index in [1.165, 1.54) is 21.6 Å². The molecule has 0 saturated heterocycles. The largest absolute Gasteiger partial charge is 1.00 e. The van der Waals surface area contributed by atoms with E-state index in [1.54, 1.807) is 28.2 Å². The summed E-state index contributed by atoms with van der Waals surface area (Å²) in [5.74, 6) is -3.65. The summed E-state index contributed by atoms with van der Waals surface area (Å²) in [6.07, 6.45) is 7.60. The molecule has 0 aliphatic carbocycles. The average Bonchev–Trinajstić information content (AvgIpc) is 3.73. The van der Waals surface area contributed by atoms with Crippen LogP contribution >= 0.6 is 21.6 Å². The second-order valence-corrected chi connectivity index (χ2v) is 15.7. The van der Waals surface area contributed by atoms with Gasteiger partial charge in [0.1, 0.15) is 25.2 Å². The monoisotopic (exact) mass is 1040 g/mol. The number of aromatic nitrogens is 2. The number of hydrogen-bond donors (Lipinski definition) is 4. The summed E-state index contributed by atoms with van der Waals surface area (Å²) >= 11 is 0. The molecule has 4 N–H and O–H groups in total. The van der Waals surface area contributed by atoms with Gasteiger partial charge >= 0.3 is 59.1 Å². The molecule has 2 rings (SSSR count). The molecule has 0 aliphatic rings. The van der Waals surface area contributed by atoms with Crippen LogP contribution in [0.5, 0.6) is 0 Å². The number of nitrogens with zero attached hydrogens (tertiary/aromatic N) is 4. The fraction of sp³-hybridized carbons (Fsp3) is 0.562. The number of nitrogens with one attached hydrogen (secondary N) is 4. The Morgan fingerprint density at radius 1 is 0.611 bits per heavy atom. The van der Waals surface area contributed by atoms with Crippen molar-refractivity contribution in [1.29, 1.82) is 0 Å². The summed E-state index contributed by atoms with van der Waals surface area (Å²) in [4.78, 5) is 74.1. The van der Waals surface area contributed by atoms with Crippen LogP contribution < -0.4 is 139 Å². The predicted molar refractivity (Wildman–Crippen MR) is 187 cm³/mol. The third-order valence-electron chi connectivity index (χ3n) is 7.53. The molecule has 2 heterocycles. The first-order valence-corrected chi connectivity index (χ1v) is 18.7. The van der Waals surface area contributed by atoms with Crippen molar-refractivity contribution in [3.63, 3.8) is 0 Å². The summed E-state index contributed by atoms with van der Waals surface area (Å²) in [5, 5.41) is 33.2. The van der Waals surface area contributed by atoms with E-state index in [0.29, 0.717) is 26.2 Å². The molecule has 0 unspecified atom stereocenters. The zero-order valence-corrected chi connectivity index (χ0v) is 41.8. The van der Waals surface area contributed by atoms with Crippen LogP contribution in [0, 0.1) is 0 Å². The topological polar surface area (TPSA) is 207 Å². The van der Waals surface area contributed by atoms with E-state index in [2.05, 4.69) is 21.3 Å². The Hall–Kier alpha value is -0.540. The standard InChI is InChI=1S/C32H50N8O8S2.2HI.2Na/c1-39(2,21-29(43)44)19-11-33-31(47)25(35-27(41)9-17-37-13-5-6-14-37)23-49-50-24-26(36-28(42)10-18-38-15-7-8-16-38)32(48)34-12-20-40(3,4)22-30(45)46;;;;/h5-8,13-16,25-26H,9-12,17-24H2,1-4H3,(H4-2,33,34,35,36,41,42,43,44,45,46,47,48);2*1H;;/q;;;2*+1/p-2/t25-,26-;;;;/m0..../s1. The van der Waals surface area contributed by atoms with Crippen molar-refractivity contribution < 1.29 is 155 Å². The van der Waals surface area contributed by atoms with Crippen LogP contribution in [0.1, 0.15) is 12.8 Å². The number of quaternary nitrogens is 2. The normalized spacial score (nSPS) is 11.9. The minimum atomic E-state index is -1.20. The van der Waals surface area contributed by atoms with E-state index in [1.807, 2.05) is 58.2 Å². The van der Waals surface area contributed by atoms with Gasteiger partial charge in [-0.05, 0) is 24.3 Å². The fourth-order valence-corrected chi connectivity index (χ4v) is 7.03. The Labute approximate surface area is 404 Å². The third kappa shape index (κ3) is 26.4. The van der Waals surface area contributed by atoms with Crippen molar-refractivity contribution in [3.05, 3.63) is 49.1 Å². The molecule has 22 heteroatoms. The number of aryl methyl sites for hydroxylation is 2. The van der Waals surface area contributed by atoms with Gasteiger partial charge in [0.15, 0.2) is 0 Å². The Kier molecular flexibility index (Phi) is 32.7. The molecule has 0 aliphatic heterocycles. The quantitative estimate of drug-likeness (QED) is 0.0243. The van der Waals surface area contributed by atoms with Crippen LogP contribution in [0.15, 0.2) is 49.1 Å². The van der Waals surface area contributed by atoms with Crippen molar-refractivity contribution in [2.75, 3.05) is 79.0 Å². The molecule has 0 bridgehead atoms. The van der Waals surface area contributed by atoms with Crippen LogP contribution in [0.4, 0.5) is 0 Å². The maximum absolute atomic E-state index is 13.2. The summed E-state index contributed by atoms with van der Waals surface area (Å²) in [7, 11) is 9.31. The van der Waals surface area contributed by atoms with Crippen molar-refractivity contribution in [3.8, 4) is 0 Å². The van der Waals surface area contributed by atoms with Gasteiger partial charge in [0.2, 0.25) is 23.6 Å². The summed E-state index contributed by atoms with van der Waals surface area (Å²) < 4.78 is 3.87. The van der Waals surface area contributed by atoms with E-state index < -0.39 is 35.8 Å². The SMILES string of the molecule is C[N+](C)(CCNC(=O)[C@H](CSSC[C@H](NC(=O)CCn1cccc1)C(=O)NCC[N+](C)(C)CC(=O)[O-])NC(=O)CCn1cccc1)CC(=O)[O-].[I-].[I-].[Na+].[Na+]. The molecule has 294 valence electrons. The molecular formula is C32H50I2N8Na2O8S2. The molecule has 16 nitrogen and oxygen atoms in total. The zero-order chi connectivity index (χ0) is 37.2. The van der Waals surface area contributed by atoms with Gasteiger partial charge in [-0.1, -0.05) is 21.6 Å². The maximum Gasteiger partial charge on any atom is 1.00 e. The van der Waals surface area contributed by atoms with Gasteiger partial charge in [-0.3, -0.25) is 19.2 Å². The van der Waals surface area contributed by atoms with Gasteiger partial charge in [0.05, 0.1) is 66.3 Å². The molecule has 54 heavy (non-hydrogen) atoms. The van der Waals surface area contributed by atoms with Crippen LogP contribution in [-0.2, 0) is 41.9 Å². The molecular weight excluding hydrogens is 988 g/mol. The molecule has 0 saturated carbocycles. The van der Waals surface area contributed by atoms with Gasteiger partial charge in [0.25, 0.3) is 0 Å². The number of aliphatic carboxylic acids is 2. The average molecular weight is 1040 g/mol. The number of likely N-dealkylation sites (N-methyl/N-ethyl adjacent to an activating group) is 2. The maximum atomic E-state index is 13.2. The summed E-state index contributed by atoms with van der Waals surface area (Å²) in [6.45, 7) is 1.37. The third-order valence-corrected chi connectivity index (χ3v) is 9.95. The van der Waals surface area contributed by atoms with E-state index in [0.717, 1.165) is 0 Å². The van der Waals surface area contributed by atoms with Crippen LogP contribution in [0.3, 0.4) is 0 Å². The second kappa shape index (κ2) is 30.5. The van der Waals surface area contributed by atoms with Crippen molar-refractivity contribution in [1.82, 2.24) is 30.4 Å². The number of carboxylic acid groups (broad SMARTS) is 2. The Morgan fingerprint density at radius 2 is 0.926 bits per heavy atom. The van der Waals surface area contributed by atoms with Gasteiger partial charge < -0.3 is 107 Å². The predicted octanol–water partition coefficient (Wildman–Crippen LogP) is -15.0. The van der Waals surface area contributed by atoms with E-state index >= 15 is 0 Å². The minimum Gasteiger partial charge on any atom is -1.00 e. The first kappa shape index (κ1) is 57.8. The molecule has 0 fully saturated rings. The van der Waals surface area contributed by atoms with Crippen molar-refractivity contribution in [2.45, 2.75) is 38.0 Å². The number of carbonyl (C=O) groups excluding carboxylic acids is 6. The van der Waals surface area contributed by atoms with Gasteiger partial charge in [0, 0.05) is 62.2 Å². The molecule has 2 atom stereocenters. The zero-order valence-electron chi connectivity index (χ0n) is 31.9. The number of carbonyl (C=O) groups is 6. The van der Waals surface area contributed by atoms with Crippen LogP contribution in [0.25, 0.3) is 0 Å². The summed E-state index contributed by atoms with van der Waals surface area (Å²) in [5.41, 5.74) is 0. The minimum absolute atomic E-state index is 0. The number of rotatable bonds is 25. The molecule has 2 aromatic heterocycles. The number of carboxylic acids is 2.